The number of ether oxygens (including phenoxy) is 4. The Kier molecular flexibility index (Phi) is 2.74. The van der Waals surface area contributed by atoms with Crippen LogP contribution in [0.25, 0.3) is 0 Å². The molecule has 2 aliphatic heterocycles. The Morgan fingerprint density at radius 1 is 1.27 bits per heavy atom. The van der Waals surface area contributed by atoms with E-state index in [4.69, 9.17) is 24.7 Å². The van der Waals surface area contributed by atoms with E-state index >= 15 is 0 Å². The van der Waals surface area contributed by atoms with Crippen LogP contribution in [0.2, 0.25) is 0 Å². The molecule has 0 bridgehead atoms. The van der Waals surface area contributed by atoms with E-state index in [0.717, 1.165) is 0 Å². The summed E-state index contributed by atoms with van der Waals surface area (Å²) < 4.78 is 20.2. The first-order chi connectivity index (χ1) is 7.22. The summed E-state index contributed by atoms with van der Waals surface area (Å²) in [6.07, 6.45) is -2.60. The highest BCUT2D eigenvalue weighted by Gasteiger charge is 2.50. The number of carbonyl (C=O) groups is 2. The van der Waals surface area contributed by atoms with Gasteiger partial charge in [0.15, 0.2) is 12.2 Å². The first kappa shape index (κ1) is 10.2. The van der Waals surface area contributed by atoms with Crippen LogP contribution in [-0.2, 0) is 23.7 Å². The van der Waals surface area contributed by atoms with Gasteiger partial charge in [0.25, 0.3) is 6.47 Å². The van der Waals surface area contributed by atoms with Crippen molar-refractivity contribution in [1.29, 1.82) is 0 Å². The predicted octanol–water partition coefficient (Wildman–Crippen LogP) is -1.21. The maximum absolute atomic E-state index is 10.6. The highest BCUT2D eigenvalue weighted by Crippen LogP contribution is 2.30. The second-order valence-electron chi connectivity index (χ2n) is 3.34. The normalized spacial score (nSPS) is 38.4. The summed E-state index contributed by atoms with van der Waals surface area (Å²) in [5.74, 6) is 0. The number of carbonyl (C=O) groups excluding carboxylic acids is 2. The average molecular weight is 217 g/mol. The average Bonchev–Trinajstić information content (AvgIpc) is 2.71. The van der Waals surface area contributed by atoms with Crippen molar-refractivity contribution in [3.8, 4) is 0 Å². The maximum atomic E-state index is 10.6. The molecule has 2 saturated heterocycles. The standard InChI is InChI=1S/C8H11NO6/c9-8(11)15-5-2-13-6-4(14-3-10)1-12-7(5)6/h3-7H,1-2H2,(H2,9,11)/t4-,5+,6+,7+/m0/s1. The van der Waals surface area contributed by atoms with Crippen LogP contribution in [0.15, 0.2) is 0 Å². The molecule has 0 aliphatic carbocycles. The van der Waals surface area contributed by atoms with Crippen molar-refractivity contribution in [2.75, 3.05) is 13.2 Å². The second kappa shape index (κ2) is 4.03. The van der Waals surface area contributed by atoms with Crippen molar-refractivity contribution in [2.45, 2.75) is 24.4 Å². The minimum Gasteiger partial charge on any atom is -0.459 e. The van der Waals surface area contributed by atoms with Gasteiger partial charge in [0, 0.05) is 0 Å². The van der Waals surface area contributed by atoms with Crippen molar-refractivity contribution in [1.82, 2.24) is 0 Å². The summed E-state index contributed by atoms with van der Waals surface area (Å²) in [7, 11) is 0. The first-order valence-corrected chi connectivity index (χ1v) is 4.50. The van der Waals surface area contributed by atoms with Crippen LogP contribution in [0.5, 0.6) is 0 Å². The molecule has 0 saturated carbocycles. The Morgan fingerprint density at radius 2 is 1.87 bits per heavy atom. The van der Waals surface area contributed by atoms with Crippen molar-refractivity contribution in [3.05, 3.63) is 0 Å². The van der Waals surface area contributed by atoms with E-state index in [9.17, 15) is 9.59 Å². The lowest BCUT2D eigenvalue weighted by Gasteiger charge is -2.14. The summed E-state index contributed by atoms with van der Waals surface area (Å²) in [4.78, 5) is 20.7. The van der Waals surface area contributed by atoms with E-state index in [2.05, 4.69) is 0 Å². The van der Waals surface area contributed by atoms with Crippen LogP contribution < -0.4 is 5.73 Å². The Hall–Kier alpha value is -1.34. The van der Waals surface area contributed by atoms with E-state index in [1.54, 1.807) is 0 Å². The van der Waals surface area contributed by atoms with E-state index in [-0.39, 0.29) is 19.3 Å². The number of fused-ring (bicyclic) bond motifs is 1. The molecular weight excluding hydrogens is 206 g/mol. The third-order valence-electron chi connectivity index (χ3n) is 2.46. The highest BCUT2D eigenvalue weighted by atomic mass is 16.7. The Balaban J connectivity index is 1.95. The molecule has 0 radical (unpaired) electrons. The molecule has 15 heavy (non-hydrogen) atoms. The van der Waals surface area contributed by atoms with E-state index in [1.807, 2.05) is 0 Å². The lowest BCUT2D eigenvalue weighted by molar-refractivity contribution is -0.138. The van der Waals surface area contributed by atoms with Crippen molar-refractivity contribution in [3.63, 3.8) is 0 Å². The smallest absolute Gasteiger partial charge is 0.404 e. The van der Waals surface area contributed by atoms with Crippen LogP contribution in [0.4, 0.5) is 4.79 Å². The fourth-order valence-electron chi connectivity index (χ4n) is 1.87. The molecule has 7 nitrogen and oxygen atoms in total. The summed E-state index contributed by atoms with van der Waals surface area (Å²) >= 11 is 0. The van der Waals surface area contributed by atoms with Gasteiger partial charge in [-0.25, -0.2) is 4.79 Å². The van der Waals surface area contributed by atoms with Gasteiger partial charge in [-0.05, 0) is 0 Å². The number of amides is 1. The van der Waals surface area contributed by atoms with Gasteiger partial charge >= 0.3 is 6.09 Å². The molecule has 2 fully saturated rings. The molecule has 2 rings (SSSR count). The minimum atomic E-state index is -0.868. The molecule has 4 atom stereocenters. The lowest BCUT2D eigenvalue weighted by atomic mass is 10.1. The fraction of sp³-hybridized carbons (Fsp3) is 0.750. The predicted molar refractivity (Wildman–Crippen MR) is 44.9 cm³/mol. The zero-order valence-electron chi connectivity index (χ0n) is 7.83. The van der Waals surface area contributed by atoms with Gasteiger partial charge in [-0.3, -0.25) is 4.79 Å². The molecule has 0 aromatic heterocycles. The Morgan fingerprint density at radius 3 is 2.47 bits per heavy atom. The summed E-state index contributed by atoms with van der Waals surface area (Å²) in [6.45, 7) is 0.797. The van der Waals surface area contributed by atoms with Crippen LogP contribution in [-0.4, -0.2) is 50.2 Å². The second-order valence-corrected chi connectivity index (χ2v) is 3.34. The van der Waals surface area contributed by atoms with Crippen LogP contribution in [0, 0.1) is 0 Å². The van der Waals surface area contributed by atoms with Crippen LogP contribution >= 0.6 is 0 Å². The molecule has 0 aromatic carbocycles. The van der Waals surface area contributed by atoms with Crippen molar-refractivity contribution < 1.29 is 28.5 Å². The van der Waals surface area contributed by atoms with Crippen LogP contribution in [0.3, 0.4) is 0 Å². The van der Waals surface area contributed by atoms with Gasteiger partial charge in [0.2, 0.25) is 0 Å². The molecule has 2 heterocycles. The molecule has 0 aromatic rings. The van der Waals surface area contributed by atoms with Gasteiger partial charge in [0.1, 0.15) is 12.2 Å². The molecule has 0 unspecified atom stereocenters. The van der Waals surface area contributed by atoms with E-state index < -0.39 is 24.4 Å². The monoisotopic (exact) mass is 217 g/mol. The molecule has 2 aliphatic rings. The van der Waals surface area contributed by atoms with Crippen molar-refractivity contribution in [2.24, 2.45) is 5.73 Å². The van der Waals surface area contributed by atoms with Gasteiger partial charge in [-0.2, -0.15) is 0 Å². The highest BCUT2D eigenvalue weighted by molar-refractivity contribution is 5.64. The quantitative estimate of drug-likeness (QED) is 0.596. The third-order valence-corrected chi connectivity index (χ3v) is 2.46. The molecule has 1 amide bonds. The van der Waals surface area contributed by atoms with Crippen LogP contribution in [0.1, 0.15) is 0 Å². The van der Waals surface area contributed by atoms with E-state index in [1.165, 1.54) is 0 Å². The van der Waals surface area contributed by atoms with Gasteiger partial charge in [-0.1, -0.05) is 0 Å². The topological polar surface area (TPSA) is 97.1 Å². The number of hydrogen-bond donors (Lipinski definition) is 1. The van der Waals surface area contributed by atoms with Crippen molar-refractivity contribution >= 4 is 12.6 Å². The summed E-state index contributed by atoms with van der Waals surface area (Å²) in [5.41, 5.74) is 4.89. The number of nitrogens with two attached hydrogens (primary N) is 1. The van der Waals surface area contributed by atoms with Gasteiger partial charge < -0.3 is 24.7 Å². The minimum absolute atomic E-state index is 0.205. The third kappa shape index (κ3) is 1.88. The number of hydrogen-bond acceptors (Lipinski definition) is 6. The largest absolute Gasteiger partial charge is 0.459 e. The lowest BCUT2D eigenvalue weighted by Crippen LogP contribution is -2.36. The molecule has 7 heteroatoms. The Bertz CT molecular complexity index is 270. The maximum Gasteiger partial charge on any atom is 0.404 e. The molecule has 2 N–H and O–H groups in total. The molecule has 0 spiro atoms. The molecule has 84 valence electrons. The van der Waals surface area contributed by atoms with Gasteiger partial charge in [0.05, 0.1) is 13.2 Å². The number of primary amides is 1. The summed E-state index contributed by atoms with van der Waals surface area (Å²) in [5, 5.41) is 0. The fourth-order valence-corrected chi connectivity index (χ4v) is 1.87. The summed E-state index contributed by atoms with van der Waals surface area (Å²) in [6, 6.07) is 0. The van der Waals surface area contributed by atoms with Gasteiger partial charge in [-0.15, -0.1) is 0 Å². The van der Waals surface area contributed by atoms with E-state index in [0.29, 0.717) is 6.47 Å². The molecular formula is C8H11NO6. The Labute approximate surface area is 85.4 Å². The first-order valence-electron chi connectivity index (χ1n) is 4.50. The zero-order valence-corrected chi connectivity index (χ0v) is 7.83. The SMILES string of the molecule is NC(=O)O[C@@H]1CO[C@H]2[C@@H]1OC[C@@H]2OC=O. The zero-order chi connectivity index (χ0) is 10.8. The number of rotatable bonds is 3.